The lowest BCUT2D eigenvalue weighted by Crippen LogP contribution is -2.19. The van der Waals surface area contributed by atoms with E-state index in [0.29, 0.717) is 31.1 Å². The van der Waals surface area contributed by atoms with Crippen LogP contribution in [-0.2, 0) is 4.79 Å². The minimum absolute atomic E-state index is 0.0888. The van der Waals surface area contributed by atoms with Gasteiger partial charge in [-0.2, -0.15) is 0 Å². The molecular formula is C21H31NO3. The Morgan fingerprint density at radius 1 is 1.44 bits per heavy atom. The number of fused-ring (bicyclic) bond motifs is 1. The van der Waals surface area contributed by atoms with E-state index in [1.807, 2.05) is 19.1 Å². The van der Waals surface area contributed by atoms with E-state index < -0.39 is 6.10 Å². The molecule has 0 aromatic heterocycles. The SMILES string of the molecule is CC#CC[C@H](C)[C@H](O)/C=C/[C@@H]1[C@H]2C/C(=C/CCC(N)=O)C[C@H]2C[C@H]1O. The van der Waals surface area contributed by atoms with Crippen molar-refractivity contribution in [3.63, 3.8) is 0 Å². The Morgan fingerprint density at radius 3 is 2.88 bits per heavy atom. The van der Waals surface area contributed by atoms with Crippen molar-refractivity contribution in [3.8, 4) is 11.8 Å². The maximum absolute atomic E-state index is 10.9. The van der Waals surface area contributed by atoms with Gasteiger partial charge in [0.15, 0.2) is 0 Å². The van der Waals surface area contributed by atoms with Crippen molar-refractivity contribution in [1.82, 2.24) is 0 Å². The molecule has 2 aliphatic carbocycles. The third-order valence-electron chi connectivity index (χ3n) is 5.65. The number of rotatable bonds is 7. The summed E-state index contributed by atoms with van der Waals surface area (Å²) in [6.45, 7) is 3.79. The van der Waals surface area contributed by atoms with Crippen molar-refractivity contribution in [2.45, 2.75) is 64.6 Å². The number of aliphatic hydroxyl groups is 2. The predicted octanol–water partition coefficient (Wildman–Crippen LogP) is 2.55. The number of hydrogen-bond donors (Lipinski definition) is 3. The molecule has 0 unspecified atom stereocenters. The number of primary amides is 1. The van der Waals surface area contributed by atoms with Crippen LogP contribution < -0.4 is 5.73 Å². The Balaban J connectivity index is 1.93. The van der Waals surface area contributed by atoms with Gasteiger partial charge in [-0.1, -0.05) is 30.7 Å². The number of carbonyl (C=O) groups excluding carboxylic acids is 1. The molecule has 0 spiro atoms. The van der Waals surface area contributed by atoms with Gasteiger partial charge in [-0.15, -0.1) is 11.8 Å². The molecule has 2 saturated carbocycles. The fourth-order valence-corrected chi connectivity index (χ4v) is 4.17. The van der Waals surface area contributed by atoms with Crippen LogP contribution in [0.4, 0.5) is 0 Å². The highest BCUT2D eigenvalue weighted by Gasteiger charge is 2.44. The Kier molecular flexibility index (Phi) is 7.28. The van der Waals surface area contributed by atoms with Crippen molar-refractivity contribution in [1.29, 1.82) is 0 Å². The zero-order valence-electron chi connectivity index (χ0n) is 15.3. The molecule has 2 fully saturated rings. The molecule has 25 heavy (non-hydrogen) atoms. The second-order valence-corrected chi connectivity index (χ2v) is 7.56. The first kappa shape index (κ1) is 19.8. The maximum Gasteiger partial charge on any atom is 0.217 e. The first-order valence-corrected chi connectivity index (χ1v) is 9.32. The number of amides is 1. The molecule has 0 aliphatic heterocycles. The monoisotopic (exact) mass is 345 g/mol. The van der Waals surface area contributed by atoms with Crippen molar-refractivity contribution in [3.05, 3.63) is 23.8 Å². The fourth-order valence-electron chi connectivity index (χ4n) is 4.17. The molecule has 0 aromatic rings. The summed E-state index contributed by atoms with van der Waals surface area (Å²) in [5.41, 5.74) is 6.57. The van der Waals surface area contributed by atoms with Crippen LogP contribution in [0.5, 0.6) is 0 Å². The first-order valence-electron chi connectivity index (χ1n) is 9.32. The van der Waals surface area contributed by atoms with Gasteiger partial charge in [0.25, 0.3) is 0 Å². The number of nitrogens with two attached hydrogens (primary N) is 1. The van der Waals surface area contributed by atoms with Gasteiger partial charge in [-0.25, -0.2) is 0 Å². The highest BCUT2D eigenvalue weighted by Crippen LogP contribution is 2.50. The lowest BCUT2D eigenvalue weighted by Gasteiger charge is -2.19. The summed E-state index contributed by atoms with van der Waals surface area (Å²) in [4.78, 5) is 10.9. The molecule has 2 aliphatic rings. The van der Waals surface area contributed by atoms with Crippen LogP contribution in [0.2, 0.25) is 0 Å². The molecule has 6 atom stereocenters. The van der Waals surface area contributed by atoms with Gasteiger partial charge in [0.05, 0.1) is 12.2 Å². The minimum atomic E-state index is -0.529. The van der Waals surface area contributed by atoms with Crippen LogP contribution in [0.1, 0.15) is 52.4 Å². The number of aliphatic hydroxyl groups excluding tert-OH is 2. The van der Waals surface area contributed by atoms with Crippen molar-refractivity contribution >= 4 is 5.91 Å². The third kappa shape index (κ3) is 5.45. The Bertz CT molecular complexity index is 584. The summed E-state index contributed by atoms with van der Waals surface area (Å²) in [5, 5.41) is 20.6. The van der Waals surface area contributed by atoms with E-state index in [1.165, 1.54) is 5.57 Å². The van der Waals surface area contributed by atoms with Gasteiger partial charge in [0, 0.05) is 18.8 Å². The minimum Gasteiger partial charge on any atom is -0.392 e. The molecule has 0 radical (unpaired) electrons. The lowest BCUT2D eigenvalue weighted by molar-refractivity contribution is -0.117. The van der Waals surface area contributed by atoms with Crippen LogP contribution in [-0.4, -0.2) is 28.3 Å². The summed E-state index contributed by atoms with van der Waals surface area (Å²) in [6.07, 6.45) is 9.74. The zero-order valence-corrected chi connectivity index (χ0v) is 15.3. The largest absolute Gasteiger partial charge is 0.392 e. The molecule has 4 nitrogen and oxygen atoms in total. The molecule has 1 amide bonds. The molecule has 0 heterocycles. The second kappa shape index (κ2) is 9.22. The molecule has 0 bridgehead atoms. The zero-order chi connectivity index (χ0) is 18.4. The maximum atomic E-state index is 10.9. The van der Waals surface area contributed by atoms with Crippen LogP contribution >= 0.6 is 0 Å². The Morgan fingerprint density at radius 2 is 2.20 bits per heavy atom. The Hall–Kier alpha value is -1.57. The van der Waals surface area contributed by atoms with Gasteiger partial charge < -0.3 is 15.9 Å². The molecule has 138 valence electrons. The van der Waals surface area contributed by atoms with Crippen LogP contribution in [0.25, 0.3) is 0 Å². The van der Waals surface area contributed by atoms with Gasteiger partial charge in [-0.3, -0.25) is 4.79 Å². The summed E-state index contributed by atoms with van der Waals surface area (Å²) in [5.74, 6) is 6.73. The Labute approximate surface area is 151 Å². The van der Waals surface area contributed by atoms with E-state index in [9.17, 15) is 15.0 Å². The average Bonchev–Trinajstić information content (AvgIpc) is 3.06. The standard InChI is InChI=1S/C21H31NO3/c1-3-4-6-14(2)19(23)10-9-17-18-12-15(7-5-8-21(22)25)11-16(18)13-20(17)24/h7,9-10,14,16-20,23-24H,5-6,8,11-13H2,1-2H3,(H2,22,25)/b10-9+,15-7+/t14-,16-,17+,18-,19+,20+/m0/s1. The summed E-state index contributed by atoms with van der Waals surface area (Å²) in [6, 6.07) is 0. The first-order chi connectivity index (χ1) is 11.9. The molecule has 4 N–H and O–H groups in total. The highest BCUT2D eigenvalue weighted by molar-refractivity contribution is 5.73. The van der Waals surface area contributed by atoms with Crippen molar-refractivity contribution in [2.75, 3.05) is 0 Å². The molecule has 0 saturated heterocycles. The molecule has 4 heteroatoms. The molecular weight excluding hydrogens is 314 g/mol. The number of hydrogen-bond acceptors (Lipinski definition) is 3. The second-order valence-electron chi connectivity index (χ2n) is 7.56. The summed E-state index contributed by atoms with van der Waals surface area (Å²) < 4.78 is 0. The van der Waals surface area contributed by atoms with E-state index in [1.54, 1.807) is 6.92 Å². The topological polar surface area (TPSA) is 83.5 Å². The molecule has 2 rings (SSSR count). The van der Waals surface area contributed by atoms with Crippen LogP contribution in [0, 0.1) is 35.5 Å². The summed E-state index contributed by atoms with van der Waals surface area (Å²) in [7, 11) is 0. The average molecular weight is 345 g/mol. The number of carbonyl (C=O) groups is 1. The lowest BCUT2D eigenvalue weighted by atomic mass is 9.89. The van der Waals surface area contributed by atoms with Gasteiger partial charge >= 0.3 is 0 Å². The van der Waals surface area contributed by atoms with Gasteiger partial charge in [0.1, 0.15) is 0 Å². The van der Waals surface area contributed by atoms with Gasteiger partial charge in [0.2, 0.25) is 5.91 Å². The van der Waals surface area contributed by atoms with Crippen molar-refractivity contribution in [2.24, 2.45) is 29.4 Å². The van der Waals surface area contributed by atoms with Crippen molar-refractivity contribution < 1.29 is 15.0 Å². The fraction of sp³-hybridized carbons (Fsp3) is 0.667. The van der Waals surface area contributed by atoms with E-state index in [4.69, 9.17) is 5.73 Å². The quantitative estimate of drug-likeness (QED) is 0.490. The molecule has 0 aromatic carbocycles. The van der Waals surface area contributed by atoms with Gasteiger partial charge in [-0.05, 0) is 50.4 Å². The number of allylic oxidation sites excluding steroid dienone is 2. The predicted molar refractivity (Wildman–Crippen MR) is 99.2 cm³/mol. The van der Waals surface area contributed by atoms with Crippen LogP contribution in [0.15, 0.2) is 23.8 Å². The van der Waals surface area contributed by atoms with Crippen LogP contribution in [0.3, 0.4) is 0 Å². The highest BCUT2D eigenvalue weighted by atomic mass is 16.3. The smallest absolute Gasteiger partial charge is 0.217 e. The normalized spacial score (nSPS) is 32.4. The van der Waals surface area contributed by atoms with E-state index in [2.05, 4.69) is 17.9 Å². The third-order valence-corrected chi connectivity index (χ3v) is 5.65. The van der Waals surface area contributed by atoms with E-state index >= 15 is 0 Å². The van der Waals surface area contributed by atoms with E-state index in [-0.39, 0.29) is 23.8 Å². The van der Waals surface area contributed by atoms with E-state index in [0.717, 1.165) is 19.3 Å². The summed E-state index contributed by atoms with van der Waals surface area (Å²) >= 11 is 0.